The van der Waals surface area contributed by atoms with E-state index in [1.807, 2.05) is 0 Å². The van der Waals surface area contributed by atoms with Gasteiger partial charge in [0.05, 0.1) is 0 Å². The van der Waals surface area contributed by atoms with E-state index < -0.39 is 0 Å². The number of rotatable bonds is 3. The van der Waals surface area contributed by atoms with Crippen LogP contribution in [-0.2, 0) is 4.79 Å². The molecule has 1 amide bonds. The lowest BCUT2D eigenvalue weighted by Crippen LogP contribution is -2.36. The van der Waals surface area contributed by atoms with Crippen LogP contribution in [0, 0.1) is 17.8 Å². The number of nitrogens with one attached hydrogen (secondary N) is 1. The molecule has 17 heavy (non-hydrogen) atoms. The fraction of sp³-hybridized carbons (Fsp3) is 0.933. The first-order valence-corrected chi connectivity index (χ1v) is 7.53. The second-order valence-electron chi connectivity index (χ2n) is 6.21. The van der Waals surface area contributed by atoms with Crippen molar-refractivity contribution in [3.63, 3.8) is 0 Å². The highest BCUT2D eigenvalue weighted by atomic mass is 16.1. The molecule has 2 rings (SSSR count). The van der Waals surface area contributed by atoms with E-state index in [4.69, 9.17) is 0 Å². The highest BCUT2D eigenvalue weighted by molar-refractivity contribution is 5.78. The summed E-state index contributed by atoms with van der Waals surface area (Å²) < 4.78 is 0. The molecular formula is C15H27NO. The molecule has 0 aromatic heterocycles. The summed E-state index contributed by atoms with van der Waals surface area (Å²) in [7, 11) is 0. The molecule has 2 heteroatoms. The van der Waals surface area contributed by atoms with Crippen molar-refractivity contribution in [2.24, 2.45) is 17.8 Å². The molecule has 2 saturated carbocycles. The predicted octanol–water partition coefficient (Wildman–Crippen LogP) is 3.51. The van der Waals surface area contributed by atoms with Gasteiger partial charge in [0.25, 0.3) is 0 Å². The average molecular weight is 237 g/mol. The van der Waals surface area contributed by atoms with Crippen molar-refractivity contribution in [2.45, 2.75) is 64.7 Å². The number of carbonyl (C=O) groups is 1. The van der Waals surface area contributed by atoms with Crippen LogP contribution in [0.3, 0.4) is 0 Å². The maximum Gasteiger partial charge on any atom is 0.223 e. The molecule has 0 aliphatic heterocycles. The van der Waals surface area contributed by atoms with Crippen LogP contribution < -0.4 is 5.32 Å². The SMILES string of the molecule is CC1CCC(CNC(=O)C2CCCCC2)CC1. The van der Waals surface area contributed by atoms with Crippen LogP contribution in [0.15, 0.2) is 0 Å². The summed E-state index contributed by atoms with van der Waals surface area (Å²) in [5.41, 5.74) is 0. The van der Waals surface area contributed by atoms with Gasteiger partial charge in [-0.05, 0) is 37.5 Å². The highest BCUT2D eigenvalue weighted by Crippen LogP contribution is 2.28. The molecule has 0 spiro atoms. The van der Waals surface area contributed by atoms with Gasteiger partial charge in [0, 0.05) is 12.5 Å². The molecule has 98 valence electrons. The van der Waals surface area contributed by atoms with E-state index in [1.54, 1.807) is 0 Å². The zero-order valence-electron chi connectivity index (χ0n) is 11.2. The minimum absolute atomic E-state index is 0.325. The lowest BCUT2D eigenvalue weighted by atomic mass is 9.83. The third-order valence-electron chi connectivity index (χ3n) is 4.68. The van der Waals surface area contributed by atoms with Gasteiger partial charge in [0.1, 0.15) is 0 Å². The molecule has 0 radical (unpaired) electrons. The van der Waals surface area contributed by atoms with Crippen LogP contribution >= 0.6 is 0 Å². The van der Waals surface area contributed by atoms with Gasteiger partial charge in [-0.1, -0.05) is 39.0 Å². The van der Waals surface area contributed by atoms with E-state index in [9.17, 15) is 4.79 Å². The average Bonchev–Trinajstić information content (AvgIpc) is 2.39. The Hall–Kier alpha value is -0.530. The summed E-state index contributed by atoms with van der Waals surface area (Å²) >= 11 is 0. The first-order chi connectivity index (χ1) is 8.25. The van der Waals surface area contributed by atoms with Gasteiger partial charge >= 0.3 is 0 Å². The normalized spacial score (nSPS) is 31.1. The zero-order valence-corrected chi connectivity index (χ0v) is 11.2. The van der Waals surface area contributed by atoms with Gasteiger partial charge in [-0.2, -0.15) is 0 Å². The predicted molar refractivity (Wildman–Crippen MR) is 70.7 cm³/mol. The maximum atomic E-state index is 12.0. The van der Waals surface area contributed by atoms with E-state index in [0.29, 0.717) is 11.8 Å². The van der Waals surface area contributed by atoms with Crippen molar-refractivity contribution < 1.29 is 4.79 Å². The molecule has 2 aliphatic rings. The maximum absolute atomic E-state index is 12.0. The van der Waals surface area contributed by atoms with Crippen LogP contribution in [0.1, 0.15) is 64.7 Å². The monoisotopic (exact) mass is 237 g/mol. The second-order valence-corrected chi connectivity index (χ2v) is 6.21. The van der Waals surface area contributed by atoms with Crippen molar-refractivity contribution in [3.05, 3.63) is 0 Å². The van der Waals surface area contributed by atoms with Gasteiger partial charge in [0.15, 0.2) is 0 Å². The lowest BCUT2D eigenvalue weighted by molar-refractivity contribution is -0.126. The molecule has 2 nitrogen and oxygen atoms in total. The van der Waals surface area contributed by atoms with Crippen LogP contribution in [0.4, 0.5) is 0 Å². The zero-order chi connectivity index (χ0) is 12.1. The van der Waals surface area contributed by atoms with Crippen molar-refractivity contribution in [1.82, 2.24) is 5.32 Å². The molecule has 0 heterocycles. The molecule has 0 aromatic carbocycles. The topological polar surface area (TPSA) is 29.1 Å². The van der Waals surface area contributed by atoms with Crippen LogP contribution in [0.2, 0.25) is 0 Å². The Morgan fingerprint density at radius 1 is 1.00 bits per heavy atom. The molecule has 0 unspecified atom stereocenters. The van der Waals surface area contributed by atoms with Gasteiger partial charge in [-0.15, -0.1) is 0 Å². The smallest absolute Gasteiger partial charge is 0.223 e. The Balaban J connectivity index is 1.65. The quantitative estimate of drug-likeness (QED) is 0.799. The number of carbonyl (C=O) groups excluding carboxylic acids is 1. The third-order valence-corrected chi connectivity index (χ3v) is 4.68. The van der Waals surface area contributed by atoms with Crippen LogP contribution in [0.5, 0.6) is 0 Å². The van der Waals surface area contributed by atoms with Crippen LogP contribution in [0.25, 0.3) is 0 Å². The molecule has 1 N–H and O–H groups in total. The molecule has 0 atom stereocenters. The Morgan fingerprint density at radius 3 is 2.29 bits per heavy atom. The van der Waals surface area contributed by atoms with Crippen molar-refractivity contribution >= 4 is 5.91 Å². The number of hydrogen-bond donors (Lipinski definition) is 1. The fourth-order valence-electron chi connectivity index (χ4n) is 3.29. The Labute approximate surface area is 106 Å². The summed E-state index contributed by atoms with van der Waals surface area (Å²) in [6.45, 7) is 3.28. The van der Waals surface area contributed by atoms with Gasteiger partial charge in [-0.25, -0.2) is 0 Å². The Morgan fingerprint density at radius 2 is 1.65 bits per heavy atom. The standard InChI is InChI=1S/C15H27NO/c1-12-7-9-13(10-8-12)11-16-15(17)14-5-3-2-4-6-14/h12-14H,2-11H2,1H3,(H,16,17). The van der Waals surface area contributed by atoms with E-state index >= 15 is 0 Å². The molecule has 0 aromatic rings. The molecular weight excluding hydrogens is 210 g/mol. The summed E-state index contributed by atoms with van der Waals surface area (Å²) in [4.78, 5) is 12.0. The second kappa shape index (κ2) is 6.42. The van der Waals surface area contributed by atoms with Gasteiger partial charge in [-0.3, -0.25) is 4.79 Å². The Bertz CT molecular complexity index is 237. The first-order valence-electron chi connectivity index (χ1n) is 7.53. The van der Waals surface area contributed by atoms with Crippen LogP contribution in [-0.4, -0.2) is 12.5 Å². The molecule has 2 aliphatic carbocycles. The van der Waals surface area contributed by atoms with Gasteiger partial charge in [0.2, 0.25) is 5.91 Å². The highest BCUT2D eigenvalue weighted by Gasteiger charge is 2.23. The largest absolute Gasteiger partial charge is 0.356 e. The lowest BCUT2D eigenvalue weighted by Gasteiger charge is -2.27. The Kier molecular flexibility index (Phi) is 4.87. The van der Waals surface area contributed by atoms with Crippen molar-refractivity contribution in [2.75, 3.05) is 6.54 Å². The third kappa shape index (κ3) is 4.01. The molecule has 0 bridgehead atoms. The van der Waals surface area contributed by atoms with Crippen molar-refractivity contribution in [3.8, 4) is 0 Å². The fourth-order valence-corrected chi connectivity index (χ4v) is 3.29. The van der Waals surface area contributed by atoms with E-state index in [1.165, 1.54) is 44.9 Å². The summed E-state index contributed by atoms with van der Waals surface area (Å²) in [6.07, 6.45) is 11.4. The number of amides is 1. The first kappa shape index (κ1) is 12.9. The number of hydrogen-bond acceptors (Lipinski definition) is 1. The summed E-state index contributed by atoms with van der Waals surface area (Å²) in [5.74, 6) is 2.31. The minimum atomic E-state index is 0.325. The van der Waals surface area contributed by atoms with E-state index in [2.05, 4.69) is 12.2 Å². The minimum Gasteiger partial charge on any atom is -0.356 e. The van der Waals surface area contributed by atoms with E-state index in [0.717, 1.165) is 31.2 Å². The van der Waals surface area contributed by atoms with E-state index in [-0.39, 0.29) is 0 Å². The molecule has 2 fully saturated rings. The molecule has 0 saturated heterocycles. The summed E-state index contributed by atoms with van der Waals surface area (Å²) in [5, 5.41) is 3.20. The van der Waals surface area contributed by atoms with Gasteiger partial charge < -0.3 is 5.32 Å². The van der Waals surface area contributed by atoms with Crippen molar-refractivity contribution in [1.29, 1.82) is 0 Å². The summed E-state index contributed by atoms with van der Waals surface area (Å²) in [6, 6.07) is 0.